The molecule has 0 saturated carbocycles. The Hall–Kier alpha value is -2.82. The summed E-state index contributed by atoms with van der Waals surface area (Å²) >= 11 is 0. The van der Waals surface area contributed by atoms with Crippen LogP contribution < -0.4 is 10.1 Å². The van der Waals surface area contributed by atoms with Gasteiger partial charge >= 0.3 is 0 Å². The maximum Gasteiger partial charge on any atom is 0.133 e. The van der Waals surface area contributed by atoms with Crippen LogP contribution in [0.1, 0.15) is 5.56 Å². The minimum Gasteiger partial charge on any atom is -0.497 e. The molecular weight excluding hydrogens is 293 g/mol. The topological polar surface area (TPSA) is 39.1 Å². The largest absolute Gasteiger partial charge is 0.497 e. The number of anilines is 1. The molecule has 2 aromatic carbocycles. The minimum atomic E-state index is -0.251. The molecular formula is C18H16FN3O. The van der Waals surface area contributed by atoms with Crippen LogP contribution in [0.3, 0.4) is 0 Å². The number of methoxy groups -OCH3 is 1. The van der Waals surface area contributed by atoms with E-state index in [2.05, 4.69) is 5.32 Å². The first-order chi connectivity index (χ1) is 11.3. The van der Waals surface area contributed by atoms with Crippen molar-refractivity contribution in [1.82, 2.24) is 9.78 Å². The Labute approximate surface area is 133 Å². The van der Waals surface area contributed by atoms with Crippen molar-refractivity contribution in [2.75, 3.05) is 19.0 Å². The van der Waals surface area contributed by atoms with Crippen LogP contribution in [0.4, 0.5) is 10.2 Å². The lowest BCUT2D eigenvalue weighted by atomic mass is 10.1. The SMILES string of the molecule is COc1cccc(-c2nn(-c3ccc(F)cc3)c3c2CCN3)c1. The van der Waals surface area contributed by atoms with Crippen molar-refractivity contribution >= 4 is 5.82 Å². The highest BCUT2D eigenvalue weighted by Gasteiger charge is 2.24. The van der Waals surface area contributed by atoms with Gasteiger partial charge in [0.05, 0.1) is 18.5 Å². The van der Waals surface area contributed by atoms with Crippen molar-refractivity contribution in [1.29, 1.82) is 0 Å². The van der Waals surface area contributed by atoms with Crippen LogP contribution in [0, 0.1) is 5.82 Å². The molecule has 1 aromatic heterocycles. The Bertz CT molecular complexity index is 855. The van der Waals surface area contributed by atoms with Gasteiger partial charge in [-0.05, 0) is 42.8 Å². The summed E-state index contributed by atoms with van der Waals surface area (Å²) in [6, 6.07) is 14.2. The van der Waals surface area contributed by atoms with Gasteiger partial charge in [0.15, 0.2) is 0 Å². The second-order valence-electron chi connectivity index (χ2n) is 5.47. The number of fused-ring (bicyclic) bond motifs is 1. The van der Waals surface area contributed by atoms with E-state index in [4.69, 9.17) is 9.84 Å². The van der Waals surface area contributed by atoms with Crippen molar-refractivity contribution in [3.05, 3.63) is 59.9 Å². The molecule has 0 aliphatic carbocycles. The van der Waals surface area contributed by atoms with Crippen LogP contribution in [-0.2, 0) is 6.42 Å². The number of nitrogens with zero attached hydrogens (tertiary/aromatic N) is 2. The Morgan fingerprint density at radius 2 is 2.00 bits per heavy atom. The first-order valence-corrected chi connectivity index (χ1v) is 7.52. The van der Waals surface area contributed by atoms with Gasteiger partial charge in [-0.25, -0.2) is 9.07 Å². The van der Waals surface area contributed by atoms with E-state index in [1.807, 2.05) is 28.9 Å². The standard InChI is InChI=1S/C18H16FN3O/c1-23-15-4-2-3-12(11-15)17-16-9-10-20-18(16)22(21-17)14-7-5-13(19)6-8-14/h2-8,11,20H,9-10H2,1H3. The molecule has 116 valence electrons. The Morgan fingerprint density at radius 1 is 1.17 bits per heavy atom. The van der Waals surface area contributed by atoms with Crippen molar-refractivity contribution in [3.63, 3.8) is 0 Å². The van der Waals surface area contributed by atoms with E-state index in [1.165, 1.54) is 17.7 Å². The Balaban J connectivity index is 1.86. The van der Waals surface area contributed by atoms with Crippen molar-refractivity contribution in [3.8, 4) is 22.7 Å². The van der Waals surface area contributed by atoms with Crippen LogP contribution in [0.25, 0.3) is 16.9 Å². The van der Waals surface area contributed by atoms with Crippen LogP contribution in [0.5, 0.6) is 5.75 Å². The molecule has 0 spiro atoms. The number of hydrogen-bond donors (Lipinski definition) is 1. The van der Waals surface area contributed by atoms with Gasteiger partial charge in [-0.2, -0.15) is 5.10 Å². The quantitative estimate of drug-likeness (QED) is 0.802. The molecule has 1 aliphatic heterocycles. The van der Waals surface area contributed by atoms with E-state index in [-0.39, 0.29) is 5.82 Å². The predicted octanol–water partition coefficient (Wildman–Crippen LogP) is 3.66. The summed E-state index contributed by atoms with van der Waals surface area (Å²) in [5, 5.41) is 8.13. The summed E-state index contributed by atoms with van der Waals surface area (Å²) in [7, 11) is 1.65. The lowest BCUT2D eigenvalue weighted by Crippen LogP contribution is -2.04. The second-order valence-corrected chi connectivity index (χ2v) is 5.47. The van der Waals surface area contributed by atoms with Gasteiger partial charge in [0, 0.05) is 17.7 Å². The molecule has 4 nitrogen and oxygen atoms in total. The molecule has 0 bridgehead atoms. The number of rotatable bonds is 3. The smallest absolute Gasteiger partial charge is 0.133 e. The van der Waals surface area contributed by atoms with Crippen molar-refractivity contribution in [2.24, 2.45) is 0 Å². The van der Waals surface area contributed by atoms with Crippen LogP contribution >= 0.6 is 0 Å². The molecule has 0 amide bonds. The highest BCUT2D eigenvalue weighted by Crippen LogP contribution is 2.35. The zero-order chi connectivity index (χ0) is 15.8. The number of benzene rings is 2. The van der Waals surface area contributed by atoms with Gasteiger partial charge in [0.25, 0.3) is 0 Å². The molecule has 2 heterocycles. The molecule has 0 unspecified atom stereocenters. The zero-order valence-corrected chi connectivity index (χ0v) is 12.7. The molecule has 0 saturated heterocycles. The first-order valence-electron chi connectivity index (χ1n) is 7.52. The lowest BCUT2D eigenvalue weighted by molar-refractivity contribution is 0.415. The molecule has 1 N–H and O–H groups in total. The lowest BCUT2D eigenvalue weighted by Gasteiger charge is -2.06. The summed E-state index contributed by atoms with van der Waals surface area (Å²) in [5.41, 5.74) is 3.98. The summed E-state index contributed by atoms with van der Waals surface area (Å²) in [5.74, 6) is 1.53. The number of nitrogens with one attached hydrogen (secondary N) is 1. The van der Waals surface area contributed by atoms with Gasteiger partial charge in [0.2, 0.25) is 0 Å². The number of halogens is 1. The fourth-order valence-corrected chi connectivity index (χ4v) is 2.95. The van der Waals surface area contributed by atoms with Gasteiger partial charge in [0.1, 0.15) is 17.4 Å². The average molecular weight is 309 g/mol. The van der Waals surface area contributed by atoms with Crippen LogP contribution in [0.2, 0.25) is 0 Å². The first kappa shape index (κ1) is 13.8. The average Bonchev–Trinajstić information content (AvgIpc) is 3.18. The van der Waals surface area contributed by atoms with E-state index in [0.717, 1.165) is 41.5 Å². The summed E-state index contributed by atoms with van der Waals surface area (Å²) < 4.78 is 20.3. The highest BCUT2D eigenvalue weighted by molar-refractivity contribution is 5.73. The third kappa shape index (κ3) is 2.34. The van der Waals surface area contributed by atoms with Crippen LogP contribution in [0.15, 0.2) is 48.5 Å². The zero-order valence-electron chi connectivity index (χ0n) is 12.7. The third-order valence-electron chi connectivity index (χ3n) is 4.07. The van der Waals surface area contributed by atoms with Gasteiger partial charge in [-0.1, -0.05) is 12.1 Å². The molecule has 1 aliphatic rings. The number of ether oxygens (including phenoxy) is 1. The van der Waals surface area contributed by atoms with E-state index < -0.39 is 0 Å². The molecule has 0 atom stereocenters. The van der Waals surface area contributed by atoms with E-state index in [0.29, 0.717) is 0 Å². The van der Waals surface area contributed by atoms with E-state index in [9.17, 15) is 4.39 Å². The summed E-state index contributed by atoms with van der Waals surface area (Å²) in [4.78, 5) is 0. The maximum atomic E-state index is 13.2. The monoisotopic (exact) mass is 309 g/mol. The van der Waals surface area contributed by atoms with E-state index >= 15 is 0 Å². The Kier molecular flexibility index (Phi) is 3.26. The minimum absolute atomic E-state index is 0.251. The third-order valence-corrected chi connectivity index (χ3v) is 4.07. The molecule has 4 rings (SSSR count). The Morgan fingerprint density at radius 3 is 2.78 bits per heavy atom. The normalized spacial score (nSPS) is 12.8. The summed E-state index contributed by atoms with van der Waals surface area (Å²) in [6.45, 7) is 0.880. The highest BCUT2D eigenvalue weighted by atomic mass is 19.1. The van der Waals surface area contributed by atoms with Gasteiger partial charge in [-0.3, -0.25) is 0 Å². The molecule has 0 fully saturated rings. The van der Waals surface area contributed by atoms with Crippen molar-refractivity contribution in [2.45, 2.75) is 6.42 Å². The van der Waals surface area contributed by atoms with Crippen LogP contribution in [-0.4, -0.2) is 23.4 Å². The molecule has 23 heavy (non-hydrogen) atoms. The van der Waals surface area contributed by atoms with Gasteiger partial charge in [-0.15, -0.1) is 0 Å². The fourth-order valence-electron chi connectivity index (χ4n) is 2.95. The second kappa shape index (κ2) is 5.43. The molecule has 0 radical (unpaired) electrons. The maximum absolute atomic E-state index is 13.2. The van der Waals surface area contributed by atoms with Crippen molar-refractivity contribution < 1.29 is 9.13 Å². The molecule has 5 heteroatoms. The number of hydrogen-bond acceptors (Lipinski definition) is 3. The summed E-state index contributed by atoms with van der Waals surface area (Å²) in [6.07, 6.45) is 0.920. The fraction of sp³-hybridized carbons (Fsp3) is 0.167. The van der Waals surface area contributed by atoms with Gasteiger partial charge < -0.3 is 10.1 Å². The predicted molar refractivity (Wildman–Crippen MR) is 87.7 cm³/mol. The number of aromatic nitrogens is 2. The molecule has 3 aromatic rings. The van der Waals surface area contributed by atoms with E-state index in [1.54, 1.807) is 19.2 Å².